The second-order valence-corrected chi connectivity index (χ2v) is 6.49. The number of nitrogens with one attached hydrogen (secondary N) is 1. The van der Waals surface area contributed by atoms with E-state index in [0.29, 0.717) is 11.5 Å². The van der Waals surface area contributed by atoms with Crippen molar-refractivity contribution in [3.63, 3.8) is 0 Å². The van der Waals surface area contributed by atoms with Gasteiger partial charge in [0.2, 0.25) is 5.91 Å². The Balaban J connectivity index is 1.76. The van der Waals surface area contributed by atoms with Crippen molar-refractivity contribution in [3.05, 3.63) is 71.0 Å². The first-order valence-corrected chi connectivity index (χ1v) is 8.94. The molecule has 2 aromatic carbocycles. The predicted octanol–water partition coefficient (Wildman–Crippen LogP) is 4.50. The SMILES string of the molecule is CCc1ccc([C@H](C)NC(=O)CSCc2ccc(F)cc2)cc1. The molecule has 1 atom stereocenters. The van der Waals surface area contributed by atoms with Gasteiger partial charge in [-0.05, 0) is 42.2 Å². The molecule has 23 heavy (non-hydrogen) atoms. The fourth-order valence-corrected chi connectivity index (χ4v) is 3.05. The van der Waals surface area contributed by atoms with Crippen LogP contribution < -0.4 is 5.32 Å². The van der Waals surface area contributed by atoms with Crippen LogP contribution in [0.1, 0.15) is 36.6 Å². The lowest BCUT2D eigenvalue weighted by Gasteiger charge is -2.14. The highest BCUT2D eigenvalue weighted by atomic mass is 32.2. The first kappa shape index (κ1) is 17.5. The maximum atomic E-state index is 12.8. The Hall–Kier alpha value is -1.81. The van der Waals surface area contributed by atoms with E-state index in [4.69, 9.17) is 0 Å². The van der Waals surface area contributed by atoms with Gasteiger partial charge in [-0.15, -0.1) is 11.8 Å². The Bertz CT molecular complexity index is 625. The molecule has 0 radical (unpaired) electrons. The highest BCUT2D eigenvalue weighted by molar-refractivity contribution is 7.99. The van der Waals surface area contributed by atoms with Gasteiger partial charge < -0.3 is 5.32 Å². The molecule has 1 amide bonds. The maximum absolute atomic E-state index is 12.8. The van der Waals surface area contributed by atoms with Gasteiger partial charge in [-0.3, -0.25) is 4.79 Å². The molecule has 0 bridgehead atoms. The molecule has 0 aliphatic heterocycles. The second-order valence-electron chi connectivity index (χ2n) is 5.50. The van der Waals surface area contributed by atoms with E-state index < -0.39 is 0 Å². The Morgan fingerprint density at radius 2 is 1.70 bits per heavy atom. The van der Waals surface area contributed by atoms with Crippen LogP contribution in [0.5, 0.6) is 0 Å². The fourth-order valence-electron chi connectivity index (χ4n) is 2.25. The first-order chi connectivity index (χ1) is 11.1. The van der Waals surface area contributed by atoms with Crippen LogP contribution in [0.15, 0.2) is 48.5 Å². The lowest BCUT2D eigenvalue weighted by molar-refractivity contribution is -0.119. The van der Waals surface area contributed by atoms with E-state index in [1.807, 2.05) is 6.92 Å². The van der Waals surface area contributed by atoms with Crippen LogP contribution in [0.25, 0.3) is 0 Å². The van der Waals surface area contributed by atoms with Gasteiger partial charge in [-0.2, -0.15) is 0 Å². The molecule has 4 heteroatoms. The first-order valence-electron chi connectivity index (χ1n) is 7.79. The van der Waals surface area contributed by atoms with Crippen molar-refractivity contribution in [2.24, 2.45) is 0 Å². The molecule has 0 fully saturated rings. The van der Waals surface area contributed by atoms with Crippen LogP contribution in [0.3, 0.4) is 0 Å². The zero-order chi connectivity index (χ0) is 16.7. The molecule has 0 aromatic heterocycles. The van der Waals surface area contributed by atoms with E-state index >= 15 is 0 Å². The van der Waals surface area contributed by atoms with Gasteiger partial charge in [0.15, 0.2) is 0 Å². The normalized spacial score (nSPS) is 12.0. The van der Waals surface area contributed by atoms with Gasteiger partial charge in [-0.1, -0.05) is 43.3 Å². The molecule has 2 nitrogen and oxygen atoms in total. The number of amides is 1. The van der Waals surface area contributed by atoms with Crippen molar-refractivity contribution in [1.82, 2.24) is 5.32 Å². The van der Waals surface area contributed by atoms with Crippen molar-refractivity contribution >= 4 is 17.7 Å². The monoisotopic (exact) mass is 331 g/mol. The van der Waals surface area contributed by atoms with Gasteiger partial charge in [0, 0.05) is 5.75 Å². The number of hydrogen-bond donors (Lipinski definition) is 1. The Kier molecular flexibility index (Phi) is 6.66. The third-order valence-electron chi connectivity index (χ3n) is 3.68. The Morgan fingerprint density at radius 3 is 2.30 bits per heavy atom. The standard InChI is InChI=1S/C19H22FNOS/c1-3-15-4-8-17(9-5-15)14(2)21-19(22)13-23-12-16-6-10-18(20)11-7-16/h4-11,14H,3,12-13H2,1-2H3,(H,21,22)/t14-/m0/s1. The molecule has 0 saturated heterocycles. The molecule has 2 aromatic rings. The molecule has 0 unspecified atom stereocenters. The van der Waals surface area contributed by atoms with Gasteiger partial charge >= 0.3 is 0 Å². The number of halogens is 1. The van der Waals surface area contributed by atoms with Gasteiger partial charge in [0.25, 0.3) is 0 Å². The number of thioether (sulfide) groups is 1. The number of benzene rings is 2. The van der Waals surface area contributed by atoms with Crippen LogP contribution in [0.2, 0.25) is 0 Å². The summed E-state index contributed by atoms with van der Waals surface area (Å²) in [7, 11) is 0. The predicted molar refractivity (Wildman–Crippen MR) is 94.9 cm³/mol. The van der Waals surface area contributed by atoms with Crippen molar-refractivity contribution in [2.75, 3.05) is 5.75 Å². The lowest BCUT2D eigenvalue weighted by Crippen LogP contribution is -2.28. The molecule has 0 aliphatic carbocycles. The molecule has 0 saturated carbocycles. The molecule has 1 N–H and O–H groups in total. The average Bonchev–Trinajstić information content (AvgIpc) is 2.56. The minimum absolute atomic E-state index is 0.000160. The fraction of sp³-hybridized carbons (Fsp3) is 0.316. The van der Waals surface area contributed by atoms with Crippen molar-refractivity contribution in [1.29, 1.82) is 0 Å². The number of aryl methyl sites for hydroxylation is 1. The number of hydrogen-bond acceptors (Lipinski definition) is 2. The molecule has 0 spiro atoms. The summed E-state index contributed by atoms with van der Waals surface area (Å²) in [5.74, 6) is 0.880. The highest BCUT2D eigenvalue weighted by Crippen LogP contribution is 2.16. The molecule has 0 aliphatic rings. The Labute approximate surface area is 141 Å². The summed E-state index contributed by atoms with van der Waals surface area (Å²) in [5.41, 5.74) is 3.42. The third kappa shape index (κ3) is 5.71. The summed E-state index contributed by atoms with van der Waals surface area (Å²) in [6.07, 6.45) is 1.01. The third-order valence-corrected chi connectivity index (χ3v) is 4.68. The molecule has 122 valence electrons. The van der Waals surface area contributed by atoms with Crippen molar-refractivity contribution < 1.29 is 9.18 Å². The van der Waals surface area contributed by atoms with Crippen LogP contribution in [0.4, 0.5) is 4.39 Å². The largest absolute Gasteiger partial charge is 0.349 e. The smallest absolute Gasteiger partial charge is 0.230 e. The van der Waals surface area contributed by atoms with E-state index in [9.17, 15) is 9.18 Å². The number of carbonyl (C=O) groups is 1. The maximum Gasteiger partial charge on any atom is 0.230 e. The van der Waals surface area contributed by atoms with Gasteiger partial charge in [-0.25, -0.2) is 4.39 Å². The minimum Gasteiger partial charge on any atom is -0.349 e. The van der Waals surface area contributed by atoms with E-state index in [2.05, 4.69) is 36.5 Å². The van der Waals surface area contributed by atoms with Crippen LogP contribution >= 0.6 is 11.8 Å². The molecule has 2 rings (SSSR count). The molecule has 0 heterocycles. The summed E-state index contributed by atoms with van der Waals surface area (Å²) in [4.78, 5) is 12.0. The number of carbonyl (C=O) groups excluding carboxylic acids is 1. The zero-order valence-electron chi connectivity index (χ0n) is 13.5. The van der Waals surface area contributed by atoms with E-state index in [1.54, 1.807) is 12.1 Å². The summed E-state index contributed by atoms with van der Waals surface area (Å²) >= 11 is 1.53. The minimum atomic E-state index is -0.237. The topological polar surface area (TPSA) is 29.1 Å². The second kappa shape index (κ2) is 8.73. The average molecular weight is 331 g/mol. The highest BCUT2D eigenvalue weighted by Gasteiger charge is 2.09. The number of rotatable bonds is 7. The molecular weight excluding hydrogens is 309 g/mol. The van der Waals surface area contributed by atoms with Crippen LogP contribution in [-0.2, 0) is 17.0 Å². The molecular formula is C19H22FNOS. The van der Waals surface area contributed by atoms with Gasteiger partial charge in [0.05, 0.1) is 11.8 Å². The summed E-state index contributed by atoms with van der Waals surface area (Å²) in [6.45, 7) is 4.11. The van der Waals surface area contributed by atoms with Crippen LogP contribution in [-0.4, -0.2) is 11.7 Å². The van der Waals surface area contributed by atoms with Crippen molar-refractivity contribution in [2.45, 2.75) is 32.1 Å². The summed E-state index contributed by atoms with van der Waals surface area (Å²) in [5, 5.41) is 3.01. The summed E-state index contributed by atoms with van der Waals surface area (Å²) < 4.78 is 12.8. The Morgan fingerprint density at radius 1 is 1.09 bits per heavy atom. The van der Waals surface area contributed by atoms with Crippen molar-refractivity contribution in [3.8, 4) is 0 Å². The quantitative estimate of drug-likeness (QED) is 0.809. The van der Waals surface area contributed by atoms with E-state index in [1.165, 1.54) is 29.5 Å². The summed E-state index contributed by atoms with van der Waals surface area (Å²) in [6, 6.07) is 14.7. The van der Waals surface area contributed by atoms with E-state index in [-0.39, 0.29) is 17.8 Å². The lowest BCUT2D eigenvalue weighted by atomic mass is 10.1. The van der Waals surface area contributed by atoms with Crippen LogP contribution in [0, 0.1) is 5.82 Å². The zero-order valence-corrected chi connectivity index (χ0v) is 14.3. The van der Waals surface area contributed by atoms with E-state index in [0.717, 1.165) is 17.5 Å². The van der Waals surface area contributed by atoms with Gasteiger partial charge in [0.1, 0.15) is 5.82 Å².